The van der Waals surface area contributed by atoms with E-state index in [1.807, 2.05) is 0 Å². The van der Waals surface area contributed by atoms with Gasteiger partial charge in [0.15, 0.2) is 6.29 Å². The van der Waals surface area contributed by atoms with Crippen molar-refractivity contribution < 1.29 is 23.4 Å². The molecule has 1 aromatic carbocycles. The molecule has 1 aliphatic heterocycles. The Balaban J connectivity index is 1.91. The largest absolute Gasteiger partial charge is 0.380 e. The van der Waals surface area contributed by atoms with Crippen LogP contribution < -0.4 is 0 Å². The third-order valence-electron chi connectivity index (χ3n) is 4.43. The standard InChI is InChI=1S/C17H21F2N3O3/c1-12(25-16-4-2-3-7-24-16)17(23,9-22-11-20-10-21-22)14-8-13(18)5-6-15(14)19/h5-6,8,10-12,16,23H,2-4,7,9H2,1H3. The smallest absolute Gasteiger partial charge is 0.158 e. The summed E-state index contributed by atoms with van der Waals surface area (Å²) < 4.78 is 40.8. The van der Waals surface area contributed by atoms with Gasteiger partial charge in [-0.15, -0.1) is 0 Å². The van der Waals surface area contributed by atoms with E-state index in [1.54, 1.807) is 6.92 Å². The van der Waals surface area contributed by atoms with Crippen LogP contribution in [0.2, 0.25) is 0 Å². The monoisotopic (exact) mass is 353 g/mol. The van der Waals surface area contributed by atoms with Crippen LogP contribution in [0, 0.1) is 11.6 Å². The van der Waals surface area contributed by atoms with E-state index in [1.165, 1.54) is 17.3 Å². The molecule has 3 unspecified atom stereocenters. The zero-order valence-electron chi connectivity index (χ0n) is 13.9. The topological polar surface area (TPSA) is 69.4 Å². The van der Waals surface area contributed by atoms with Gasteiger partial charge >= 0.3 is 0 Å². The van der Waals surface area contributed by atoms with Gasteiger partial charge in [-0.1, -0.05) is 0 Å². The van der Waals surface area contributed by atoms with Crippen molar-refractivity contribution in [2.45, 2.75) is 50.7 Å². The van der Waals surface area contributed by atoms with Crippen molar-refractivity contribution in [1.82, 2.24) is 14.8 Å². The van der Waals surface area contributed by atoms with Crippen molar-refractivity contribution in [2.75, 3.05) is 6.61 Å². The second-order valence-corrected chi connectivity index (χ2v) is 6.22. The summed E-state index contributed by atoms with van der Waals surface area (Å²) in [5.41, 5.74) is -2.04. The van der Waals surface area contributed by atoms with Gasteiger partial charge in [-0.3, -0.25) is 0 Å². The second-order valence-electron chi connectivity index (χ2n) is 6.22. The Morgan fingerprint density at radius 3 is 2.96 bits per heavy atom. The molecule has 0 saturated carbocycles. The second kappa shape index (κ2) is 7.55. The minimum atomic E-state index is -1.85. The van der Waals surface area contributed by atoms with Gasteiger partial charge in [0.2, 0.25) is 0 Å². The highest BCUT2D eigenvalue weighted by Gasteiger charge is 2.41. The Kier molecular flexibility index (Phi) is 5.41. The molecule has 0 bridgehead atoms. The Morgan fingerprint density at radius 1 is 1.44 bits per heavy atom. The molecule has 3 atom stereocenters. The summed E-state index contributed by atoms with van der Waals surface area (Å²) in [5, 5.41) is 15.2. The normalized spacial score (nSPS) is 21.7. The van der Waals surface area contributed by atoms with Crippen LogP contribution in [-0.2, 0) is 21.6 Å². The van der Waals surface area contributed by atoms with Gasteiger partial charge in [0, 0.05) is 12.2 Å². The summed E-state index contributed by atoms with van der Waals surface area (Å²) in [6.45, 7) is 2.05. The lowest BCUT2D eigenvalue weighted by Crippen LogP contribution is -2.46. The molecule has 2 aromatic rings. The number of aliphatic hydroxyl groups is 1. The van der Waals surface area contributed by atoms with Crippen LogP contribution in [-0.4, -0.2) is 38.9 Å². The number of hydrogen-bond donors (Lipinski definition) is 1. The van der Waals surface area contributed by atoms with Crippen LogP contribution in [0.4, 0.5) is 8.78 Å². The van der Waals surface area contributed by atoms with Crippen molar-refractivity contribution in [3.63, 3.8) is 0 Å². The number of hydrogen-bond acceptors (Lipinski definition) is 5. The van der Waals surface area contributed by atoms with Crippen molar-refractivity contribution in [3.05, 3.63) is 48.1 Å². The maximum absolute atomic E-state index is 14.4. The van der Waals surface area contributed by atoms with E-state index < -0.39 is 29.6 Å². The van der Waals surface area contributed by atoms with Crippen molar-refractivity contribution >= 4 is 0 Å². The third kappa shape index (κ3) is 4.02. The fourth-order valence-corrected chi connectivity index (χ4v) is 2.98. The molecule has 0 spiro atoms. The number of nitrogens with zero attached hydrogens (tertiary/aromatic N) is 3. The molecule has 1 aliphatic rings. The number of benzene rings is 1. The molecule has 8 heteroatoms. The van der Waals surface area contributed by atoms with Gasteiger partial charge < -0.3 is 14.6 Å². The third-order valence-corrected chi connectivity index (χ3v) is 4.43. The first kappa shape index (κ1) is 17.9. The quantitative estimate of drug-likeness (QED) is 0.863. The van der Waals surface area contributed by atoms with E-state index in [2.05, 4.69) is 10.1 Å². The highest BCUT2D eigenvalue weighted by Crippen LogP contribution is 2.33. The van der Waals surface area contributed by atoms with Crippen LogP contribution in [0.3, 0.4) is 0 Å². The molecule has 6 nitrogen and oxygen atoms in total. The minimum absolute atomic E-state index is 0.138. The highest BCUT2D eigenvalue weighted by atomic mass is 19.1. The van der Waals surface area contributed by atoms with Crippen molar-refractivity contribution in [2.24, 2.45) is 0 Å². The maximum atomic E-state index is 14.4. The number of rotatable bonds is 6. The predicted octanol–water partition coefficient (Wildman–Crippen LogP) is 2.38. The van der Waals surface area contributed by atoms with E-state index in [-0.39, 0.29) is 12.1 Å². The summed E-state index contributed by atoms with van der Waals surface area (Å²) in [5.74, 6) is -1.36. The lowest BCUT2D eigenvalue weighted by molar-refractivity contribution is -0.229. The Labute approximate surface area is 144 Å². The number of ether oxygens (including phenoxy) is 2. The van der Waals surface area contributed by atoms with Crippen LogP contribution in [0.15, 0.2) is 30.9 Å². The molecule has 1 saturated heterocycles. The molecular formula is C17H21F2N3O3. The van der Waals surface area contributed by atoms with Gasteiger partial charge in [0.05, 0.1) is 12.6 Å². The fourth-order valence-electron chi connectivity index (χ4n) is 2.98. The van der Waals surface area contributed by atoms with E-state index >= 15 is 0 Å². The Bertz CT molecular complexity index is 692. The average molecular weight is 353 g/mol. The molecule has 1 fully saturated rings. The molecule has 2 heterocycles. The van der Waals surface area contributed by atoms with Gasteiger partial charge in [0.1, 0.15) is 29.9 Å². The van der Waals surface area contributed by atoms with Crippen LogP contribution in [0.5, 0.6) is 0 Å². The summed E-state index contributed by atoms with van der Waals surface area (Å²) >= 11 is 0. The molecule has 136 valence electrons. The zero-order chi connectivity index (χ0) is 17.9. The van der Waals surface area contributed by atoms with Gasteiger partial charge in [0.25, 0.3) is 0 Å². The molecular weight excluding hydrogens is 332 g/mol. The van der Waals surface area contributed by atoms with Gasteiger partial charge in [-0.05, 0) is 44.4 Å². The summed E-state index contributed by atoms with van der Waals surface area (Å²) in [6, 6.07) is 2.97. The van der Waals surface area contributed by atoms with Crippen molar-refractivity contribution in [3.8, 4) is 0 Å². The molecule has 0 aliphatic carbocycles. The minimum Gasteiger partial charge on any atom is -0.380 e. The Hall–Kier alpha value is -1.90. The van der Waals surface area contributed by atoms with Gasteiger partial charge in [-0.2, -0.15) is 5.10 Å². The van der Waals surface area contributed by atoms with Crippen molar-refractivity contribution in [1.29, 1.82) is 0 Å². The first-order valence-electron chi connectivity index (χ1n) is 8.26. The lowest BCUT2D eigenvalue weighted by Gasteiger charge is -2.37. The van der Waals surface area contributed by atoms with E-state index in [4.69, 9.17) is 9.47 Å². The molecule has 3 rings (SSSR count). The molecule has 1 N–H and O–H groups in total. The van der Waals surface area contributed by atoms with Gasteiger partial charge in [-0.25, -0.2) is 18.4 Å². The highest BCUT2D eigenvalue weighted by molar-refractivity contribution is 5.26. The summed E-state index contributed by atoms with van der Waals surface area (Å²) in [4.78, 5) is 3.82. The Morgan fingerprint density at radius 2 is 2.28 bits per heavy atom. The lowest BCUT2D eigenvalue weighted by atomic mass is 9.88. The van der Waals surface area contributed by atoms with E-state index in [0.29, 0.717) is 13.0 Å². The first-order valence-corrected chi connectivity index (χ1v) is 8.26. The van der Waals surface area contributed by atoms with E-state index in [0.717, 1.165) is 31.0 Å². The molecule has 0 amide bonds. The SMILES string of the molecule is CC(OC1CCCCO1)C(O)(Cn1cncn1)c1cc(F)ccc1F. The number of aromatic nitrogens is 3. The fraction of sp³-hybridized carbons (Fsp3) is 0.529. The van der Waals surface area contributed by atoms with Crippen LogP contribution in [0.1, 0.15) is 31.7 Å². The molecule has 25 heavy (non-hydrogen) atoms. The molecule has 0 radical (unpaired) electrons. The number of halogens is 2. The average Bonchev–Trinajstić information content (AvgIpc) is 3.10. The zero-order valence-corrected chi connectivity index (χ0v) is 13.9. The molecule has 1 aromatic heterocycles. The van der Waals surface area contributed by atoms with Crippen LogP contribution >= 0.6 is 0 Å². The summed E-state index contributed by atoms with van der Waals surface area (Å²) in [6.07, 6.45) is 3.95. The maximum Gasteiger partial charge on any atom is 0.158 e. The summed E-state index contributed by atoms with van der Waals surface area (Å²) in [7, 11) is 0. The van der Waals surface area contributed by atoms with Crippen LogP contribution in [0.25, 0.3) is 0 Å². The predicted molar refractivity (Wildman–Crippen MR) is 84.4 cm³/mol. The van der Waals surface area contributed by atoms with E-state index in [9.17, 15) is 13.9 Å². The first-order chi connectivity index (χ1) is 12.0.